The number of rotatable bonds is 8. The van der Waals surface area contributed by atoms with Crippen LogP contribution in [0.4, 0.5) is 0 Å². The second-order valence-corrected chi connectivity index (χ2v) is 5.12. The Hall–Kier alpha value is -0.860. The summed E-state index contributed by atoms with van der Waals surface area (Å²) >= 11 is 0. The monoisotopic (exact) mass is 248 g/mol. The van der Waals surface area contributed by atoms with Gasteiger partial charge in [0.2, 0.25) is 0 Å². The van der Waals surface area contributed by atoms with Crippen molar-refractivity contribution in [1.29, 1.82) is 0 Å². The highest BCUT2D eigenvalue weighted by Crippen LogP contribution is 2.14. The van der Waals surface area contributed by atoms with Crippen LogP contribution in [0.3, 0.4) is 0 Å². The first-order valence-corrected chi connectivity index (χ1v) is 7.19. The first kappa shape index (κ1) is 15.2. The molecule has 0 spiro atoms. The van der Waals surface area contributed by atoms with E-state index in [4.69, 9.17) is 0 Å². The van der Waals surface area contributed by atoms with E-state index in [0.717, 1.165) is 19.6 Å². The molecule has 0 radical (unpaired) electrons. The molecule has 1 atom stereocenters. The van der Waals surface area contributed by atoms with E-state index >= 15 is 0 Å². The molecule has 0 bridgehead atoms. The predicted molar refractivity (Wildman–Crippen MR) is 79.7 cm³/mol. The number of benzene rings is 1. The Morgan fingerprint density at radius 3 is 2.28 bits per heavy atom. The maximum atomic E-state index is 3.48. The zero-order valence-corrected chi connectivity index (χ0v) is 12.3. The highest BCUT2D eigenvalue weighted by Gasteiger charge is 2.19. The summed E-state index contributed by atoms with van der Waals surface area (Å²) in [6.45, 7) is 12.2. The van der Waals surface area contributed by atoms with Gasteiger partial charge in [-0.3, -0.25) is 4.90 Å². The topological polar surface area (TPSA) is 15.3 Å². The van der Waals surface area contributed by atoms with E-state index in [0.29, 0.717) is 12.1 Å². The summed E-state index contributed by atoms with van der Waals surface area (Å²) in [5.74, 6) is 0. The lowest BCUT2D eigenvalue weighted by Gasteiger charge is -2.34. The minimum absolute atomic E-state index is 0.578. The van der Waals surface area contributed by atoms with E-state index in [9.17, 15) is 0 Å². The van der Waals surface area contributed by atoms with Crippen molar-refractivity contribution in [1.82, 2.24) is 10.2 Å². The first-order chi connectivity index (χ1) is 8.69. The molecule has 0 fully saturated rings. The SMILES string of the molecule is CCNCC(CC)N(Cc1ccccc1)C(C)C. The van der Waals surface area contributed by atoms with Crippen molar-refractivity contribution >= 4 is 0 Å². The van der Waals surface area contributed by atoms with Gasteiger partial charge in [-0.15, -0.1) is 0 Å². The summed E-state index contributed by atoms with van der Waals surface area (Å²) in [6, 6.07) is 12.0. The highest BCUT2D eigenvalue weighted by molar-refractivity contribution is 5.14. The third-order valence-corrected chi connectivity index (χ3v) is 3.44. The van der Waals surface area contributed by atoms with Crippen LogP contribution >= 0.6 is 0 Å². The lowest BCUT2D eigenvalue weighted by atomic mass is 10.1. The van der Waals surface area contributed by atoms with Crippen molar-refractivity contribution < 1.29 is 0 Å². The predicted octanol–water partition coefficient (Wildman–Crippen LogP) is 3.29. The van der Waals surface area contributed by atoms with Crippen LogP contribution in [0.2, 0.25) is 0 Å². The fraction of sp³-hybridized carbons (Fsp3) is 0.625. The number of likely N-dealkylation sites (N-methyl/N-ethyl adjacent to an activating group) is 1. The van der Waals surface area contributed by atoms with Gasteiger partial charge in [0.05, 0.1) is 0 Å². The fourth-order valence-electron chi connectivity index (χ4n) is 2.33. The van der Waals surface area contributed by atoms with Gasteiger partial charge < -0.3 is 5.32 Å². The van der Waals surface area contributed by atoms with Crippen molar-refractivity contribution in [2.24, 2.45) is 0 Å². The molecule has 18 heavy (non-hydrogen) atoms. The minimum atomic E-state index is 0.578. The summed E-state index contributed by atoms with van der Waals surface area (Å²) in [4.78, 5) is 2.60. The molecule has 1 aromatic rings. The standard InChI is InChI=1S/C16H28N2/c1-5-16(12-17-6-2)18(14(3)4)13-15-10-8-7-9-11-15/h7-11,14,16-17H,5-6,12-13H2,1-4H3. The van der Waals surface area contributed by atoms with Crippen molar-refractivity contribution in [3.05, 3.63) is 35.9 Å². The van der Waals surface area contributed by atoms with E-state index < -0.39 is 0 Å². The van der Waals surface area contributed by atoms with Crippen LogP contribution in [0.1, 0.15) is 39.7 Å². The van der Waals surface area contributed by atoms with Gasteiger partial charge in [0.15, 0.2) is 0 Å². The van der Waals surface area contributed by atoms with Crippen molar-refractivity contribution in [2.75, 3.05) is 13.1 Å². The van der Waals surface area contributed by atoms with Gasteiger partial charge in [0.25, 0.3) is 0 Å². The summed E-state index contributed by atoms with van der Waals surface area (Å²) in [5.41, 5.74) is 1.40. The van der Waals surface area contributed by atoms with Gasteiger partial charge in [0, 0.05) is 25.2 Å². The van der Waals surface area contributed by atoms with E-state index in [1.165, 1.54) is 12.0 Å². The summed E-state index contributed by atoms with van der Waals surface area (Å²) in [7, 11) is 0. The molecule has 0 aliphatic carbocycles. The highest BCUT2D eigenvalue weighted by atomic mass is 15.2. The third-order valence-electron chi connectivity index (χ3n) is 3.44. The Bertz CT molecular complexity index is 308. The number of nitrogens with zero attached hydrogens (tertiary/aromatic N) is 1. The molecule has 2 heteroatoms. The largest absolute Gasteiger partial charge is 0.315 e. The summed E-state index contributed by atoms with van der Waals surface area (Å²) in [5, 5.41) is 3.48. The third kappa shape index (κ3) is 4.79. The lowest BCUT2D eigenvalue weighted by Crippen LogP contribution is -2.45. The normalized spacial score (nSPS) is 13.2. The molecule has 1 aromatic carbocycles. The summed E-state index contributed by atoms with van der Waals surface area (Å²) < 4.78 is 0. The van der Waals surface area contributed by atoms with Crippen molar-refractivity contribution in [3.8, 4) is 0 Å². The van der Waals surface area contributed by atoms with Gasteiger partial charge >= 0.3 is 0 Å². The Labute approximate surface area is 112 Å². The number of hydrogen-bond acceptors (Lipinski definition) is 2. The van der Waals surface area contributed by atoms with E-state index in [2.05, 4.69) is 68.2 Å². The quantitative estimate of drug-likeness (QED) is 0.759. The average molecular weight is 248 g/mol. The van der Waals surface area contributed by atoms with Crippen LogP contribution in [0.25, 0.3) is 0 Å². The molecule has 1 unspecified atom stereocenters. The zero-order chi connectivity index (χ0) is 13.4. The van der Waals surface area contributed by atoms with Gasteiger partial charge in [-0.2, -0.15) is 0 Å². The molecule has 0 amide bonds. The molecule has 0 aliphatic rings. The van der Waals surface area contributed by atoms with Crippen LogP contribution in [-0.2, 0) is 6.54 Å². The van der Waals surface area contributed by atoms with Gasteiger partial charge in [-0.1, -0.05) is 44.2 Å². The molecule has 0 aromatic heterocycles. The van der Waals surface area contributed by atoms with Crippen LogP contribution in [0.5, 0.6) is 0 Å². The second-order valence-electron chi connectivity index (χ2n) is 5.12. The maximum absolute atomic E-state index is 3.48. The average Bonchev–Trinajstić information content (AvgIpc) is 2.39. The Morgan fingerprint density at radius 1 is 1.11 bits per heavy atom. The maximum Gasteiger partial charge on any atom is 0.0239 e. The van der Waals surface area contributed by atoms with E-state index in [-0.39, 0.29) is 0 Å². The van der Waals surface area contributed by atoms with Crippen LogP contribution in [-0.4, -0.2) is 30.1 Å². The van der Waals surface area contributed by atoms with Crippen LogP contribution in [0.15, 0.2) is 30.3 Å². The first-order valence-electron chi connectivity index (χ1n) is 7.19. The molecular formula is C16H28N2. The smallest absolute Gasteiger partial charge is 0.0239 e. The van der Waals surface area contributed by atoms with Gasteiger partial charge in [-0.05, 0) is 32.4 Å². The van der Waals surface area contributed by atoms with Gasteiger partial charge in [0.1, 0.15) is 0 Å². The minimum Gasteiger partial charge on any atom is -0.315 e. The Kier molecular flexibility index (Phi) is 6.99. The lowest BCUT2D eigenvalue weighted by molar-refractivity contribution is 0.137. The molecule has 0 aliphatic heterocycles. The van der Waals surface area contributed by atoms with Crippen molar-refractivity contribution in [2.45, 2.75) is 52.7 Å². The second kappa shape index (κ2) is 8.28. The Balaban J connectivity index is 2.68. The molecule has 0 saturated heterocycles. The van der Waals surface area contributed by atoms with Gasteiger partial charge in [-0.25, -0.2) is 0 Å². The Morgan fingerprint density at radius 2 is 1.78 bits per heavy atom. The summed E-state index contributed by atoms with van der Waals surface area (Å²) in [6.07, 6.45) is 1.19. The van der Waals surface area contributed by atoms with Crippen molar-refractivity contribution in [3.63, 3.8) is 0 Å². The molecule has 2 nitrogen and oxygen atoms in total. The fourth-order valence-corrected chi connectivity index (χ4v) is 2.33. The number of nitrogens with one attached hydrogen (secondary N) is 1. The van der Waals surface area contributed by atoms with Crippen LogP contribution in [0, 0.1) is 0 Å². The molecule has 0 heterocycles. The number of hydrogen-bond donors (Lipinski definition) is 1. The molecule has 0 saturated carbocycles. The van der Waals surface area contributed by atoms with E-state index in [1.54, 1.807) is 0 Å². The zero-order valence-electron chi connectivity index (χ0n) is 12.3. The van der Waals surface area contributed by atoms with E-state index in [1.807, 2.05) is 0 Å². The molecule has 1 rings (SSSR count). The molecule has 1 N–H and O–H groups in total. The molecular weight excluding hydrogens is 220 g/mol. The molecule has 102 valence electrons. The van der Waals surface area contributed by atoms with Crippen LogP contribution < -0.4 is 5.32 Å².